The lowest BCUT2D eigenvalue weighted by Crippen LogP contribution is -2.47. The molecule has 15 aromatic carbocycles. The Labute approximate surface area is 863 Å². The first-order valence-corrected chi connectivity index (χ1v) is 48.6. The molecule has 0 amide bonds. The normalized spacial score (nSPS) is 15.1. The van der Waals surface area contributed by atoms with Crippen LogP contribution in [0.3, 0.4) is 0 Å². The standard InChI is InChI=1S/C26H22O6.C25H24O4.C25H22O2.C23H18O2.C16H12O3.C10H11BrO3.CH4/c1-30-18-12-8-16(9-13-18)22(25(29)32-3)26(17-10-14-19(31-2)15-11-17)23(27)20-6-4-5-7-21(20)24(26)28;1-28-21-11-7-17(8-12-21)23(24(26)27)25(20-9-13-22(29-2)14-10-20)15-18-5-3-4-6-19(18)16-25;1-26-21-9-7-17(8-10-21)24-14-20-13-22(27-2)11-12-23(20)25(24)15-18-5-3-4-6-19(18)16-25;24-19-7-5-15(6-8-19)22-12-18-11-20(25)9-10-21(18)23(22)13-16-3-1-2-4-17(16)14-23;1-19-11-8-6-10(7-9-11)14-15(17)12-4-2-3-5-13(12)16(14)18;1-13-8-5-3-7(4-6-8)9(11)10(12)14-2;/h4-15,22H,1-3H3;3-14,23H,15-16H2,1-2H3,(H,26,27);3-14H,15-16H2,1-2H3;1-12,24-25H,13-14H2;2-9,14H,1H3;3-6,9H,1-2H3;1H4. The molecule has 20 nitrogen and oxygen atoms in total. The largest absolute Gasteiger partial charge is 0.508 e. The minimum Gasteiger partial charge on any atom is -0.508 e. The van der Waals surface area contributed by atoms with Crippen molar-refractivity contribution in [3.63, 3.8) is 0 Å². The Morgan fingerprint density at radius 1 is 0.320 bits per heavy atom. The fourth-order valence-electron chi connectivity index (χ4n) is 21.8. The number of hydrogen-bond acceptors (Lipinski definition) is 19. The number of phenols is 2. The van der Waals surface area contributed by atoms with Crippen LogP contribution in [0.5, 0.6) is 57.5 Å². The van der Waals surface area contributed by atoms with Gasteiger partial charge in [-0.05, 0) is 283 Å². The van der Waals surface area contributed by atoms with Gasteiger partial charge in [0.05, 0.1) is 77.0 Å². The fourth-order valence-corrected chi connectivity index (χ4v) is 22.3. The van der Waals surface area contributed by atoms with E-state index in [2.05, 4.69) is 142 Å². The molecule has 0 heterocycles. The van der Waals surface area contributed by atoms with E-state index in [1.54, 1.807) is 194 Å². The first kappa shape index (κ1) is 103. The van der Waals surface area contributed by atoms with Gasteiger partial charge >= 0.3 is 17.9 Å². The van der Waals surface area contributed by atoms with Crippen LogP contribution in [-0.2, 0) is 84.0 Å². The molecule has 3 N–H and O–H groups in total. The molecule has 2 spiro atoms. The van der Waals surface area contributed by atoms with E-state index in [9.17, 15) is 48.9 Å². The number of fused-ring (bicyclic) bond motifs is 9. The molecule has 0 radical (unpaired) electrons. The van der Waals surface area contributed by atoms with Crippen molar-refractivity contribution < 1.29 is 96.2 Å². The highest BCUT2D eigenvalue weighted by Crippen LogP contribution is 2.59. The molecule has 0 aromatic heterocycles. The number of carboxylic acid groups (broad SMARTS) is 1. The zero-order valence-corrected chi connectivity index (χ0v) is 83.9. The molecule has 147 heavy (non-hydrogen) atoms. The molecule has 3 unspecified atom stereocenters. The third kappa shape index (κ3) is 20.2. The van der Waals surface area contributed by atoms with Crippen molar-refractivity contribution in [2.24, 2.45) is 0 Å². The Hall–Kier alpha value is -16.7. The number of ether oxygens (including phenoxy) is 10. The zero-order valence-electron chi connectivity index (χ0n) is 82.4. The van der Waals surface area contributed by atoms with Gasteiger partial charge in [-0.3, -0.25) is 33.6 Å². The van der Waals surface area contributed by atoms with Crippen molar-refractivity contribution in [1.82, 2.24) is 0 Å². The number of carbonyl (C=O) groups excluding carboxylic acids is 6. The number of allylic oxidation sites excluding steroid dienone is 2. The monoisotopic (exact) mass is 2020 g/mol. The van der Waals surface area contributed by atoms with Crippen LogP contribution < -0.4 is 37.9 Å². The second-order valence-corrected chi connectivity index (χ2v) is 37.6. The Morgan fingerprint density at radius 3 is 1.01 bits per heavy atom. The first-order valence-electron chi connectivity index (χ1n) is 47.7. The van der Waals surface area contributed by atoms with Gasteiger partial charge in [0.25, 0.3) is 0 Å². The van der Waals surface area contributed by atoms with Crippen LogP contribution in [-0.4, -0.2) is 127 Å². The Kier molecular flexibility index (Phi) is 31.4. The second kappa shape index (κ2) is 44.7. The van der Waals surface area contributed by atoms with Gasteiger partial charge in [-0.2, -0.15) is 0 Å². The minimum absolute atomic E-state index is 0. The quantitative estimate of drug-likeness (QED) is 0.0342. The number of hydrogen-bond donors (Lipinski definition) is 3. The van der Waals surface area contributed by atoms with Crippen LogP contribution >= 0.6 is 15.9 Å². The predicted molar refractivity (Wildman–Crippen MR) is 573 cm³/mol. The zero-order chi connectivity index (χ0) is 103. The van der Waals surface area contributed by atoms with Gasteiger partial charge in [-0.15, -0.1) is 0 Å². The third-order valence-corrected chi connectivity index (χ3v) is 29.9. The molecule has 7 aliphatic carbocycles. The second-order valence-electron chi connectivity index (χ2n) is 36.7. The van der Waals surface area contributed by atoms with Gasteiger partial charge in [0.1, 0.15) is 79.6 Å². The van der Waals surface area contributed by atoms with Crippen LogP contribution in [0.1, 0.15) is 172 Å². The number of methoxy groups -OCH3 is 10. The molecule has 3 atom stereocenters. The van der Waals surface area contributed by atoms with Gasteiger partial charge in [0.15, 0.2) is 23.1 Å². The van der Waals surface area contributed by atoms with Crippen molar-refractivity contribution in [3.05, 3.63) is 474 Å². The molecule has 744 valence electrons. The maximum Gasteiger partial charge on any atom is 0.323 e. The highest BCUT2D eigenvalue weighted by atomic mass is 79.9. The summed E-state index contributed by atoms with van der Waals surface area (Å²) in [5, 5.41) is 30.0. The van der Waals surface area contributed by atoms with Crippen molar-refractivity contribution >= 4 is 80.3 Å². The number of benzene rings is 15. The lowest BCUT2D eigenvalue weighted by Gasteiger charge is -2.36. The summed E-state index contributed by atoms with van der Waals surface area (Å²) >= 11 is 3.24. The summed E-state index contributed by atoms with van der Waals surface area (Å²) < 4.78 is 51.7. The van der Waals surface area contributed by atoms with E-state index in [-0.39, 0.29) is 52.7 Å². The summed E-state index contributed by atoms with van der Waals surface area (Å²) in [5.41, 5.74) is 21.6. The summed E-state index contributed by atoms with van der Waals surface area (Å²) in [6.07, 6.45) is 9.93. The number of rotatable bonds is 21. The Balaban J connectivity index is 0.000000128. The van der Waals surface area contributed by atoms with Crippen LogP contribution in [0.4, 0.5) is 0 Å². The number of aromatic hydroxyl groups is 2. The Morgan fingerprint density at radius 2 is 0.626 bits per heavy atom. The number of Topliss-reactive ketones (excluding diaryl/α,β-unsaturated/α-hetero) is 4. The number of ketones is 4. The van der Waals surface area contributed by atoms with Gasteiger partial charge < -0.3 is 62.7 Å². The van der Waals surface area contributed by atoms with Crippen molar-refractivity contribution in [2.45, 2.75) is 90.2 Å². The molecular weight excluding hydrogens is 1910 g/mol. The van der Waals surface area contributed by atoms with E-state index in [1.165, 1.54) is 95.2 Å². The molecule has 21 heteroatoms. The molecular formula is C126H113BrO20. The summed E-state index contributed by atoms with van der Waals surface area (Å²) in [6.45, 7) is 0. The van der Waals surface area contributed by atoms with Crippen molar-refractivity contribution in [2.75, 3.05) is 71.1 Å². The van der Waals surface area contributed by atoms with E-state index < -0.39 is 56.9 Å². The maximum atomic E-state index is 14.0. The molecule has 7 aliphatic rings. The van der Waals surface area contributed by atoms with E-state index >= 15 is 0 Å². The van der Waals surface area contributed by atoms with E-state index in [0.29, 0.717) is 69.4 Å². The molecule has 0 bridgehead atoms. The number of carboxylic acids is 1. The average molecular weight is 2030 g/mol. The van der Waals surface area contributed by atoms with Crippen LogP contribution in [0.25, 0.3) is 23.3 Å². The summed E-state index contributed by atoms with van der Waals surface area (Å²) in [7, 11) is 15.5. The summed E-state index contributed by atoms with van der Waals surface area (Å²) in [4.78, 5) is 89.1. The number of halogens is 1. The van der Waals surface area contributed by atoms with Gasteiger partial charge in [0, 0.05) is 38.5 Å². The van der Waals surface area contributed by atoms with Gasteiger partial charge in [-0.1, -0.05) is 254 Å². The molecule has 0 fully saturated rings. The van der Waals surface area contributed by atoms with Crippen LogP contribution in [0, 0.1) is 0 Å². The molecule has 0 aliphatic heterocycles. The minimum atomic E-state index is -1.81. The SMILES string of the molecule is C.COC(=O)C(Br)c1ccc(OC)cc1.COC(=O)C(c1ccc(OC)cc1)C1(c2ccc(OC)cc2)C(=O)c2ccccc2C1=O.COc1ccc(C(C(=O)O)C2(c3ccc(OC)cc3)Cc3ccccc3C2)cc1.COc1ccc(C2=Cc3cc(OC)ccc3C23Cc2ccccc2C3)cc1.COc1ccc(C2C(=O)c3ccccc3C2=O)cc1.Oc1ccc(C2=Cc3cc(O)ccc3C23Cc2ccccc2C3)cc1. The first-order chi connectivity index (χ1) is 70.8. The lowest BCUT2D eigenvalue weighted by atomic mass is 9.64. The topological polar surface area (TPSA) is 272 Å². The van der Waals surface area contributed by atoms with E-state index in [0.717, 1.165) is 76.5 Å². The lowest BCUT2D eigenvalue weighted by molar-refractivity contribution is -0.143. The van der Waals surface area contributed by atoms with Crippen molar-refractivity contribution in [3.8, 4) is 57.5 Å². The van der Waals surface area contributed by atoms with Crippen LogP contribution in [0.2, 0.25) is 0 Å². The predicted octanol–water partition coefficient (Wildman–Crippen LogP) is 24.4. The maximum absolute atomic E-state index is 14.0. The molecule has 15 aromatic rings. The molecule has 22 rings (SSSR count). The third-order valence-electron chi connectivity index (χ3n) is 29.0. The average Bonchev–Trinajstić information content (AvgIpc) is 1.56. The molecule has 0 saturated heterocycles. The number of carbonyl (C=O) groups is 7. The number of phenolic OH excluding ortho intramolecular Hbond substituents is 2. The van der Waals surface area contributed by atoms with Crippen LogP contribution in [0.15, 0.2) is 352 Å². The number of aliphatic carboxylic acids is 1. The van der Waals surface area contributed by atoms with Crippen molar-refractivity contribution in [1.29, 1.82) is 0 Å². The Bertz CT molecular complexity index is 7290. The highest BCUT2D eigenvalue weighted by Gasteiger charge is 2.62. The number of esters is 2. The molecule has 0 saturated carbocycles. The van der Waals surface area contributed by atoms with Gasteiger partial charge in [-0.25, -0.2) is 0 Å². The summed E-state index contributed by atoms with van der Waals surface area (Å²) in [6, 6.07) is 110. The van der Waals surface area contributed by atoms with E-state index in [1.807, 2.05) is 91.0 Å². The highest BCUT2D eigenvalue weighted by molar-refractivity contribution is 9.09. The van der Waals surface area contributed by atoms with E-state index in [4.69, 9.17) is 42.6 Å². The smallest absolute Gasteiger partial charge is 0.323 e. The fraction of sp³-hybridized carbons (Fsp3) is 0.198. The van der Waals surface area contributed by atoms with Gasteiger partial charge in [0.2, 0.25) is 0 Å². The summed E-state index contributed by atoms with van der Waals surface area (Å²) in [5.74, 6) is 0.966. The number of alkyl halides is 1.